The molecule has 0 bridgehead atoms. The molecule has 0 saturated carbocycles. The molecule has 0 amide bonds. The Hall–Kier alpha value is -1.44. The Labute approximate surface area is 146 Å². The minimum atomic E-state index is -3.04. The zero-order valence-electron chi connectivity index (χ0n) is 13.3. The SMILES string of the molecule is CCS(=O)(=O)CCc1noc([C@@H]2CCO[C@H]2c2ccc(Cl)cc2)n1. The van der Waals surface area contributed by atoms with Crippen molar-refractivity contribution in [3.63, 3.8) is 0 Å². The summed E-state index contributed by atoms with van der Waals surface area (Å²) >= 11 is 5.93. The summed E-state index contributed by atoms with van der Waals surface area (Å²) in [5.74, 6) is 1.03. The first-order valence-corrected chi connectivity index (χ1v) is 10.1. The molecule has 1 aromatic heterocycles. The molecule has 2 aromatic rings. The van der Waals surface area contributed by atoms with Crippen molar-refractivity contribution in [2.75, 3.05) is 18.1 Å². The number of aromatic nitrogens is 2. The van der Waals surface area contributed by atoms with Crippen LogP contribution in [-0.2, 0) is 21.0 Å². The zero-order valence-corrected chi connectivity index (χ0v) is 14.9. The quantitative estimate of drug-likeness (QED) is 0.777. The highest BCUT2D eigenvalue weighted by molar-refractivity contribution is 7.91. The van der Waals surface area contributed by atoms with Crippen LogP contribution >= 0.6 is 11.6 Å². The van der Waals surface area contributed by atoms with Crippen LogP contribution in [0.25, 0.3) is 0 Å². The molecular formula is C16H19ClN2O4S. The molecule has 24 heavy (non-hydrogen) atoms. The van der Waals surface area contributed by atoms with Gasteiger partial charge in [0.15, 0.2) is 5.82 Å². The fourth-order valence-corrected chi connectivity index (χ4v) is 3.64. The molecule has 1 saturated heterocycles. The molecule has 130 valence electrons. The lowest BCUT2D eigenvalue weighted by atomic mass is 9.95. The maximum atomic E-state index is 11.6. The number of benzene rings is 1. The second-order valence-corrected chi connectivity index (χ2v) is 8.68. The molecule has 1 aliphatic heterocycles. The molecular weight excluding hydrogens is 352 g/mol. The zero-order chi connectivity index (χ0) is 17.2. The molecule has 3 rings (SSSR count). The van der Waals surface area contributed by atoms with E-state index in [0.29, 0.717) is 23.3 Å². The fraction of sp³-hybridized carbons (Fsp3) is 0.500. The van der Waals surface area contributed by atoms with E-state index in [4.69, 9.17) is 20.9 Å². The summed E-state index contributed by atoms with van der Waals surface area (Å²) in [6.45, 7) is 2.24. The van der Waals surface area contributed by atoms with Crippen LogP contribution in [0.3, 0.4) is 0 Å². The molecule has 1 aromatic carbocycles. The molecule has 2 atom stereocenters. The van der Waals surface area contributed by atoms with Gasteiger partial charge < -0.3 is 9.26 Å². The maximum Gasteiger partial charge on any atom is 0.232 e. The van der Waals surface area contributed by atoms with Gasteiger partial charge in [-0.2, -0.15) is 4.98 Å². The lowest BCUT2D eigenvalue weighted by molar-refractivity contribution is 0.0986. The summed E-state index contributed by atoms with van der Waals surface area (Å²) in [6, 6.07) is 7.50. The third kappa shape index (κ3) is 3.96. The van der Waals surface area contributed by atoms with Crippen LogP contribution in [0, 0.1) is 0 Å². The second-order valence-electron chi connectivity index (χ2n) is 5.77. The van der Waals surface area contributed by atoms with Gasteiger partial charge in [-0.25, -0.2) is 8.42 Å². The molecule has 6 nitrogen and oxygen atoms in total. The van der Waals surface area contributed by atoms with Gasteiger partial charge in [0.25, 0.3) is 0 Å². The standard InChI is InChI=1S/C16H19ClN2O4S/c1-2-24(20,21)10-8-14-18-16(23-19-14)13-7-9-22-15(13)11-3-5-12(17)6-4-11/h3-6,13,15H,2,7-10H2,1H3/t13-,15+/m1/s1. The van der Waals surface area contributed by atoms with E-state index in [1.807, 2.05) is 24.3 Å². The van der Waals surface area contributed by atoms with Crippen LogP contribution in [0.2, 0.25) is 5.02 Å². The van der Waals surface area contributed by atoms with E-state index in [9.17, 15) is 8.42 Å². The van der Waals surface area contributed by atoms with Crippen LogP contribution in [0.1, 0.15) is 42.6 Å². The molecule has 8 heteroatoms. The first-order chi connectivity index (χ1) is 11.5. The van der Waals surface area contributed by atoms with E-state index >= 15 is 0 Å². The highest BCUT2D eigenvalue weighted by Crippen LogP contribution is 2.41. The minimum absolute atomic E-state index is 0.0320. The minimum Gasteiger partial charge on any atom is -0.373 e. The van der Waals surface area contributed by atoms with Gasteiger partial charge in [0.1, 0.15) is 9.84 Å². The van der Waals surface area contributed by atoms with Gasteiger partial charge in [-0.15, -0.1) is 0 Å². The van der Waals surface area contributed by atoms with Crippen LogP contribution in [0.4, 0.5) is 0 Å². The van der Waals surface area contributed by atoms with Crippen molar-refractivity contribution in [2.24, 2.45) is 0 Å². The molecule has 0 spiro atoms. The van der Waals surface area contributed by atoms with Crippen LogP contribution in [0.5, 0.6) is 0 Å². The highest BCUT2D eigenvalue weighted by Gasteiger charge is 2.35. The summed E-state index contributed by atoms with van der Waals surface area (Å²) in [5, 5.41) is 4.58. The largest absolute Gasteiger partial charge is 0.373 e. The smallest absolute Gasteiger partial charge is 0.232 e. The Bertz CT molecular complexity index is 789. The van der Waals surface area contributed by atoms with Crippen LogP contribution < -0.4 is 0 Å². The summed E-state index contributed by atoms with van der Waals surface area (Å²) in [6.07, 6.45) is 0.885. The number of ether oxygens (including phenoxy) is 1. The Kier molecular flexibility index (Phi) is 5.22. The lowest BCUT2D eigenvalue weighted by Crippen LogP contribution is -2.11. The number of halogens is 1. The Morgan fingerprint density at radius 3 is 2.75 bits per heavy atom. The molecule has 1 aliphatic rings. The second kappa shape index (κ2) is 7.21. The van der Waals surface area contributed by atoms with E-state index in [-0.39, 0.29) is 29.9 Å². The van der Waals surface area contributed by atoms with Gasteiger partial charge in [-0.1, -0.05) is 35.8 Å². The van der Waals surface area contributed by atoms with Gasteiger partial charge in [0, 0.05) is 23.8 Å². The fourth-order valence-electron chi connectivity index (χ4n) is 2.73. The molecule has 0 radical (unpaired) electrons. The van der Waals surface area contributed by atoms with Gasteiger partial charge in [0.2, 0.25) is 5.89 Å². The van der Waals surface area contributed by atoms with Crippen molar-refractivity contribution < 1.29 is 17.7 Å². The molecule has 1 fully saturated rings. The third-order valence-corrected chi connectivity index (χ3v) is 6.13. The number of hydrogen-bond donors (Lipinski definition) is 0. The average Bonchev–Trinajstić information content (AvgIpc) is 3.22. The van der Waals surface area contributed by atoms with Gasteiger partial charge in [0.05, 0.1) is 17.8 Å². The van der Waals surface area contributed by atoms with Gasteiger partial charge in [-0.3, -0.25) is 0 Å². The van der Waals surface area contributed by atoms with Gasteiger partial charge in [-0.05, 0) is 24.1 Å². The Balaban J connectivity index is 1.73. The molecule has 0 aliphatic carbocycles. The summed E-state index contributed by atoms with van der Waals surface area (Å²) < 4.78 is 34.3. The van der Waals surface area contributed by atoms with Crippen LogP contribution in [-0.4, -0.2) is 36.7 Å². The van der Waals surface area contributed by atoms with E-state index < -0.39 is 9.84 Å². The number of aryl methyl sites for hydroxylation is 1. The van der Waals surface area contributed by atoms with Crippen molar-refractivity contribution in [1.82, 2.24) is 10.1 Å². The summed E-state index contributed by atoms with van der Waals surface area (Å²) in [7, 11) is -3.04. The maximum absolute atomic E-state index is 11.6. The number of rotatable bonds is 6. The van der Waals surface area contributed by atoms with E-state index in [1.165, 1.54) is 0 Å². The van der Waals surface area contributed by atoms with Crippen molar-refractivity contribution in [1.29, 1.82) is 0 Å². The Morgan fingerprint density at radius 2 is 2.04 bits per heavy atom. The summed E-state index contributed by atoms with van der Waals surface area (Å²) in [5.41, 5.74) is 1.01. The van der Waals surface area contributed by atoms with Crippen molar-refractivity contribution in [3.8, 4) is 0 Å². The average molecular weight is 371 g/mol. The number of sulfone groups is 1. The van der Waals surface area contributed by atoms with E-state index in [0.717, 1.165) is 12.0 Å². The highest BCUT2D eigenvalue weighted by atomic mass is 35.5. The Morgan fingerprint density at radius 1 is 1.29 bits per heavy atom. The monoisotopic (exact) mass is 370 g/mol. The van der Waals surface area contributed by atoms with Gasteiger partial charge >= 0.3 is 0 Å². The normalized spacial score (nSPS) is 21.2. The topological polar surface area (TPSA) is 82.3 Å². The first-order valence-electron chi connectivity index (χ1n) is 7.88. The van der Waals surface area contributed by atoms with Crippen LogP contribution in [0.15, 0.2) is 28.8 Å². The van der Waals surface area contributed by atoms with E-state index in [2.05, 4.69) is 10.1 Å². The first kappa shape index (κ1) is 17.4. The van der Waals surface area contributed by atoms with Crippen molar-refractivity contribution in [2.45, 2.75) is 31.8 Å². The predicted octanol–water partition coefficient (Wildman–Crippen LogP) is 2.95. The van der Waals surface area contributed by atoms with Crippen molar-refractivity contribution in [3.05, 3.63) is 46.6 Å². The van der Waals surface area contributed by atoms with Crippen molar-refractivity contribution >= 4 is 21.4 Å². The number of hydrogen-bond acceptors (Lipinski definition) is 6. The summed E-state index contributed by atoms with van der Waals surface area (Å²) in [4.78, 5) is 4.37. The third-order valence-electron chi connectivity index (χ3n) is 4.17. The lowest BCUT2D eigenvalue weighted by Gasteiger charge is -2.15. The number of nitrogens with zero attached hydrogens (tertiary/aromatic N) is 2. The predicted molar refractivity (Wildman–Crippen MR) is 89.8 cm³/mol. The van der Waals surface area contributed by atoms with E-state index in [1.54, 1.807) is 6.92 Å². The molecule has 2 heterocycles. The molecule has 0 N–H and O–H groups in total. The molecule has 0 unspecified atom stereocenters.